The van der Waals surface area contributed by atoms with Gasteiger partial charge in [-0.05, 0) is 0 Å². The fourth-order valence-electron chi connectivity index (χ4n) is 0.534. The third-order valence-corrected chi connectivity index (χ3v) is 2.21. The van der Waals surface area contributed by atoms with Crippen LogP contribution < -0.4 is 9.44 Å². The van der Waals surface area contributed by atoms with E-state index in [-0.39, 0.29) is 0 Å². The molecule has 0 spiro atoms. The Bertz CT molecular complexity index is 337. The molecule has 0 fully saturated rings. The van der Waals surface area contributed by atoms with Crippen molar-refractivity contribution < 1.29 is 33.0 Å². The summed E-state index contributed by atoms with van der Waals surface area (Å²) in [4.78, 5) is 20.8. The highest BCUT2D eigenvalue weighted by Crippen LogP contribution is 1.87. The molecule has 0 aliphatic heterocycles. The van der Waals surface area contributed by atoms with Crippen LogP contribution in [0.2, 0.25) is 0 Å². The molecule has 0 aromatic carbocycles. The summed E-state index contributed by atoms with van der Waals surface area (Å²) in [5.74, 6) is -1.58. The zero-order chi connectivity index (χ0) is 12.1. The summed E-state index contributed by atoms with van der Waals surface area (Å²) < 4.78 is 28.8. The van der Waals surface area contributed by atoms with Crippen molar-refractivity contribution in [2.75, 3.05) is 13.7 Å². The van der Waals surface area contributed by atoms with Crippen LogP contribution in [-0.2, 0) is 19.7 Å². The number of carboxylic acid groups (broad SMARTS) is 1. The summed E-state index contributed by atoms with van der Waals surface area (Å²) >= 11 is 0. The normalized spacial score (nSPS) is 12.9. The number of hydrogen-bond donors (Lipinski definition) is 4. The molecule has 0 aromatic rings. The molecule has 0 saturated carbocycles. The number of aliphatic carboxylic acids is 1. The summed E-state index contributed by atoms with van der Waals surface area (Å²) in [6.45, 7) is -0.947. The first kappa shape index (κ1) is 13.6. The molecule has 4 N–H and O–H groups in total. The van der Waals surface area contributed by atoms with E-state index in [1.807, 2.05) is 0 Å². The van der Waals surface area contributed by atoms with Gasteiger partial charge in [0.2, 0.25) is 0 Å². The number of nitrogens with one attached hydrogen (secondary N) is 2. The molecule has 88 valence electrons. The number of methoxy groups -OCH3 is 1. The molecular formula is C5H10N2O7S. The molecule has 0 saturated heterocycles. The van der Waals surface area contributed by atoms with Gasteiger partial charge in [-0.1, -0.05) is 0 Å². The Kier molecular flexibility index (Phi) is 4.97. The highest BCUT2D eigenvalue weighted by atomic mass is 32.2. The Balaban J connectivity index is 4.49. The van der Waals surface area contributed by atoms with Crippen molar-refractivity contribution in [1.82, 2.24) is 9.44 Å². The van der Waals surface area contributed by atoms with E-state index in [9.17, 15) is 18.0 Å². The maximum Gasteiger partial charge on any atom is 0.421 e. The number of carbonyl (C=O) groups is 2. The maximum absolute atomic E-state index is 11.0. The third kappa shape index (κ3) is 5.15. The minimum atomic E-state index is -4.36. The van der Waals surface area contributed by atoms with Gasteiger partial charge in [0.25, 0.3) is 0 Å². The molecule has 1 amide bonds. The van der Waals surface area contributed by atoms with Crippen LogP contribution in [-0.4, -0.2) is 50.5 Å². The number of rotatable bonds is 5. The van der Waals surface area contributed by atoms with Crippen molar-refractivity contribution in [3.05, 3.63) is 0 Å². The quantitative estimate of drug-likeness (QED) is 0.421. The summed E-state index contributed by atoms with van der Waals surface area (Å²) in [5.41, 5.74) is 0. The number of hydrogen-bond acceptors (Lipinski definition) is 6. The highest BCUT2D eigenvalue weighted by Gasteiger charge is 2.24. The fraction of sp³-hybridized carbons (Fsp3) is 0.600. The van der Waals surface area contributed by atoms with Crippen LogP contribution in [0.3, 0.4) is 0 Å². The number of aliphatic hydroxyl groups excluding tert-OH is 1. The number of carboxylic acids is 1. The predicted molar refractivity (Wildman–Crippen MR) is 46.1 cm³/mol. The Hall–Kier alpha value is -1.39. The van der Waals surface area contributed by atoms with Crippen LogP contribution in [0.1, 0.15) is 0 Å². The van der Waals surface area contributed by atoms with Gasteiger partial charge in [0.15, 0.2) is 0 Å². The maximum atomic E-state index is 11.0. The lowest BCUT2D eigenvalue weighted by Gasteiger charge is -2.11. The standard InChI is InChI=1S/C5H10N2O7S/c1-14-5(11)7-15(12,13)6-3(2-8)4(9)10/h3,6,8H,2H2,1H3,(H,7,11)(H,9,10)/t3-/m1/s1. The van der Waals surface area contributed by atoms with Crippen molar-refractivity contribution in [1.29, 1.82) is 0 Å². The van der Waals surface area contributed by atoms with Crippen molar-refractivity contribution in [3.63, 3.8) is 0 Å². The molecule has 0 bridgehead atoms. The Morgan fingerprint density at radius 2 is 2.00 bits per heavy atom. The van der Waals surface area contributed by atoms with Crippen LogP contribution in [0.5, 0.6) is 0 Å². The molecule has 0 heterocycles. The van der Waals surface area contributed by atoms with Crippen LogP contribution in [0, 0.1) is 0 Å². The number of carbonyl (C=O) groups excluding carboxylic acids is 1. The summed E-state index contributed by atoms with van der Waals surface area (Å²) in [6.07, 6.45) is -1.27. The topological polar surface area (TPSA) is 142 Å². The fourth-order valence-corrected chi connectivity index (χ4v) is 1.45. The SMILES string of the molecule is COC(=O)NS(=O)(=O)N[C@H](CO)C(=O)O. The first-order valence-electron chi connectivity index (χ1n) is 3.54. The lowest BCUT2D eigenvalue weighted by Crippen LogP contribution is -2.49. The van der Waals surface area contributed by atoms with Gasteiger partial charge < -0.3 is 14.9 Å². The summed E-state index contributed by atoms with van der Waals surface area (Å²) in [6, 6.07) is -1.73. The zero-order valence-corrected chi connectivity index (χ0v) is 8.44. The Morgan fingerprint density at radius 3 is 2.33 bits per heavy atom. The molecule has 0 unspecified atom stereocenters. The predicted octanol–water partition coefficient (Wildman–Crippen LogP) is -2.38. The first-order valence-corrected chi connectivity index (χ1v) is 5.02. The van der Waals surface area contributed by atoms with Gasteiger partial charge in [-0.3, -0.25) is 4.79 Å². The smallest absolute Gasteiger partial charge is 0.421 e. The molecule has 0 rings (SSSR count). The largest absolute Gasteiger partial charge is 0.480 e. The average molecular weight is 242 g/mol. The zero-order valence-electron chi connectivity index (χ0n) is 7.63. The molecule has 1 atom stereocenters. The van der Waals surface area contributed by atoms with Gasteiger partial charge >= 0.3 is 22.3 Å². The molecule has 0 aliphatic carbocycles. The highest BCUT2D eigenvalue weighted by molar-refractivity contribution is 7.88. The van der Waals surface area contributed by atoms with Crippen LogP contribution in [0.15, 0.2) is 0 Å². The van der Waals surface area contributed by atoms with Gasteiger partial charge in [0.05, 0.1) is 13.7 Å². The molecule has 10 heteroatoms. The Morgan fingerprint density at radius 1 is 1.47 bits per heavy atom. The lowest BCUT2D eigenvalue weighted by atomic mass is 10.3. The van der Waals surface area contributed by atoms with E-state index in [4.69, 9.17) is 10.2 Å². The molecule has 9 nitrogen and oxygen atoms in total. The first-order chi connectivity index (χ1) is 6.82. The van der Waals surface area contributed by atoms with E-state index < -0.39 is 34.9 Å². The number of aliphatic hydroxyl groups is 1. The van der Waals surface area contributed by atoms with Gasteiger partial charge in [0.1, 0.15) is 6.04 Å². The van der Waals surface area contributed by atoms with E-state index in [0.29, 0.717) is 0 Å². The van der Waals surface area contributed by atoms with Gasteiger partial charge in [-0.25, -0.2) is 9.52 Å². The second-order valence-electron chi connectivity index (χ2n) is 2.29. The van der Waals surface area contributed by atoms with E-state index in [1.54, 1.807) is 0 Å². The van der Waals surface area contributed by atoms with Crippen molar-refractivity contribution >= 4 is 22.3 Å². The minimum Gasteiger partial charge on any atom is -0.480 e. The second kappa shape index (κ2) is 5.48. The average Bonchev–Trinajstić information content (AvgIpc) is 2.13. The number of amides is 1. The van der Waals surface area contributed by atoms with Crippen molar-refractivity contribution in [2.45, 2.75) is 6.04 Å². The molecule has 15 heavy (non-hydrogen) atoms. The summed E-state index contributed by atoms with van der Waals surface area (Å²) in [7, 11) is -3.43. The molecule has 0 aromatic heterocycles. The van der Waals surface area contributed by atoms with E-state index in [1.165, 1.54) is 9.44 Å². The molecular weight excluding hydrogens is 232 g/mol. The minimum absolute atomic E-state index is 0.936. The monoisotopic (exact) mass is 242 g/mol. The Labute approximate surface area is 85.2 Å². The van der Waals surface area contributed by atoms with E-state index in [0.717, 1.165) is 7.11 Å². The molecule has 0 aliphatic rings. The van der Waals surface area contributed by atoms with E-state index in [2.05, 4.69) is 4.74 Å². The number of ether oxygens (including phenoxy) is 1. The van der Waals surface area contributed by atoms with Crippen LogP contribution in [0.25, 0.3) is 0 Å². The van der Waals surface area contributed by atoms with Crippen molar-refractivity contribution in [3.8, 4) is 0 Å². The van der Waals surface area contributed by atoms with Crippen LogP contribution in [0.4, 0.5) is 4.79 Å². The van der Waals surface area contributed by atoms with Crippen molar-refractivity contribution in [2.24, 2.45) is 0 Å². The van der Waals surface area contributed by atoms with Crippen LogP contribution >= 0.6 is 0 Å². The lowest BCUT2D eigenvalue weighted by molar-refractivity contribution is -0.139. The van der Waals surface area contributed by atoms with Gasteiger partial charge in [-0.15, -0.1) is 0 Å². The summed E-state index contributed by atoms with van der Waals surface area (Å²) in [5, 5.41) is 16.9. The van der Waals surface area contributed by atoms with E-state index >= 15 is 0 Å². The second-order valence-corrected chi connectivity index (χ2v) is 3.74. The van der Waals surface area contributed by atoms with Gasteiger partial charge in [0, 0.05) is 0 Å². The third-order valence-electron chi connectivity index (χ3n) is 1.18. The van der Waals surface area contributed by atoms with Gasteiger partial charge in [-0.2, -0.15) is 13.1 Å². The molecule has 0 radical (unpaired) electrons.